The minimum atomic E-state index is 0.369. The van der Waals surface area contributed by atoms with Crippen LogP contribution in [0.15, 0.2) is 36.4 Å². The fourth-order valence-corrected chi connectivity index (χ4v) is 2.70. The Morgan fingerprint density at radius 1 is 1.04 bits per heavy atom. The van der Waals surface area contributed by atoms with E-state index in [1.807, 2.05) is 43.3 Å². The van der Waals surface area contributed by atoms with Crippen LogP contribution in [0, 0.1) is 6.92 Å². The molecule has 0 unspecified atom stereocenters. The second-order valence-corrected chi connectivity index (χ2v) is 6.44. The summed E-state index contributed by atoms with van der Waals surface area (Å²) in [5.74, 6) is 1.53. The Kier molecular flexibility index (Phi) is 6.55. The van der Waals surface area contributed by atoms with Crippen LogP contribution in [0.2, 0.25) is 0 Å². The topological polar surface area (TPSA) is 50.3 Å². The molecule has 0 atom stereocenters. The van der Waals surface area contributed by atoms with Crippen molar-refractivity contribution in [1.29, 1.82) is 0 Å². The number of aryl methyl sites for hydroxylation is 1. The minimum absolute atomic E-state index is 0.369. The van der Waals surface area contributed by atoms with E-state index < -0.39 is 0 Å². The molecule has 130 valence electrons. The zero-order valence-corrected chi connectivity index (χ0v) is 15.3. The van der Waals surface area contributed by atoms with E-state index in [-0.39, 0.29) is 0 Å². The standard InChI is InChI=1S/C19H28N4O/c1-14(2)23(15(3)4)12-11-20-18-13-16(5)21-19(22-18)24-17-9-7-6-8-10-17/h6-10,13-15H,11-12H2,1-5H3,(H,20,21,22). The summed E-state index contributed by atoms with van der Waals surface area (Å²) in [5, 5.41) is 3.38. The van der Waals surface area contributed by atoms with Crippen molar-refractivity contribution in [2.45, 2.75) is 46.7 Å². The molecule has 2 rings (SSSR count). The summed E-state index contributed by atoms with van der Waals surface area (Å²) in [6.07, 6.45) is 0. The molecule has 0 saturated heterocycles. The molecule has 0 fully saturated rings. The van der Waals surface area contributed by atoms with Crippen LogP contribution in [-0.4, -0.2) is 40.0 Å². The molecule has 1 N–H and O–H groups in total. The average Bonchev–Trinajstić information content (AvgIpc) is 2.51. The zero-order valence-electron chi connectivity index (χ0n) is 15.3. The third kappa shape index (κ3) is 5.49. The first kappa shape index (κ1) is 18.2. The average molecular weight is 328 g/mol. The van der Waals surface area contributed by atoms with Gasteiger partial charge in [0.2, 0.25) is 0 Å². The lowest BCUT2D eigenvalue weighted by Crippen LogP contribution is -2.40. The third-order valence-corrected chi connectivity index (χ3v) is 3.79. The van der Waals surface area contributed by atoms with Crippen LogP contribution < -0.4 is 10.1 Å². The van der Waals surface area contributed by atoms with Gasteiger partial charge in [0.25, 0.3) is 0 Å². The van der Waals surface area contributed by atoms with Gasteiger partial charge in [0.15, 0.2) is 0 Å². The van der Waals surface area contributed by atoms with Gasteiger partial charge in [-0.1, -0.05) is 18.2 Å². The molecular weight excluding hydrogens is 300 g/mol. The summed E-state index contributed by atoms with van der Waals surface area (Å²) >= 11 is 0. The normalized spacial score (nSPS) is 11.3. The largest absolute Gasteiger partial charge is 0.424 e. The Morgan fingerprint density at radius 3 is 2.33 bits per heavy atom. The highest BCUT2D eigenvalue weighted by Crippen LogP contribution is 2.19. The Hall–Kier alpha value is -2.14. The lowest BCUT2D eigenvalue weighted by atomic mass is 10.2. The summed E-state index contributed by atoms with van der Waals surface area (Å²) in [7, 11) is 0. The SMILES string of the molecule is Cc1cc(NCCN(C(C)C)C(C)C)nc(Oc2ccccc2)n1. The monoisotopic (exact) mass is 328 g/mol. The van der Waals surface area contributed by atoms with Crippen molar-refractivity contribution in [2.75, 3.05) is 18.4 Å². The van der Waals surface area contributed by atoms with Gasteiger partial charge >= 0.3 is 6.01 Å². The molecular formula is C19H28N4O. The Morgan fingerprint density at radius 2 is 1.71 bits per heavy atom. The summed E-state index contributed by atoms with van der Waals surface area (Å²) < 4.78 is 5.73. The molecule has 0 aliphatic carbocycles. The number of ether oxygens (including phenoxy) is 1. The van der Waals surface area contributed by atoms with Crippen LogP contribution in [0.4, 0.5) is 5.82 Å². The molecule has 0 aliphatic rings. The minimum Gasteiger partial charge on any atom is -0.424 e. The Balaban J connectivity index is 1.98. The van der Waals surface area contributed by atoms with Crippen molar-refractivity contribution >= 4 is 5.82 Å². The van der Waals surface area contributed by atoms with Crippen molar-refractivity contribution in [3.63, 3.8) is 0 Å². The second kappa shape index (κ2) is 8.64. The van der Waals surface area contributed by atoms with Crippen LogP contribution in [0.3, 0.4) is 0 Å². The smallest absolute Gasteiger partial charge is 0.324 e. The van der Waals surface area contributed by atoms with Crippen LogP contribution in [0.1, 0.15) is 33.4 Å². The molecule has 1 heterocycles. The highest BCUT2D eigenvalue weighted by molar-refractivity contribution is 5.37. The number of benzene rings is 1. The molecule has 0 aliphatic heterocycles. The summed E-state index contributed by atoms with van der Waals surface area (Å²) in [4.78, 5) is 11.2. The van der Waals surface area contributed by atoms with Crippen molar-refractivity contribution in [2.24, 2.45) is 0 Å². The molecule has 24 heavy (non-hydrogen) atoms. The number of aromatic nitrogens is 2. The maximum absolute atomic E-state index is 5.73. The van der Waals surface area contributed by atoms with Gasteiger partial charge < -0.3 is 10.1 Å². The molecule has 0 radical (unpaired) electrons. The first-order valence-electron chi connectivity index (χ1n) is 8.54. The van der Waals surface area contributed by atoms with E-state index in [9.17, 15) is 0 Å². The Labute approximate surface area is 145 Å². The van der Waals surface area contributed by atoms with Crippen LogP contribution >= 0.6 is 0 Å². The lowest BCUT2D eigenvalue weighted by Gasteiger charge is -2.30. The van der Waals surface area contributed by atoms with E-state index in [1.165, 1.54) is 0 Å². The second-order valence-electron chi connectivity index (χ2n) is 6.44. The van der Waals surface area contributed by atoms with Gasteiger partial charge in [0.05, 0.1) is 0 Å². The zero-order chi connectivity index (χ0) is 17.5. The van der Waals surface area contributed by atoms with E-state index in [0.29, 0.717) is 18.1 Å². The molecule has 5 nitrogen and oxygen atoms in total. The quantitative estimate of drug-likeness (QED) is 0.790. The molecule has 0 amide bonds. The van der Waals surface area contributed by atoms with Gasteiger partial charge in [-0.25, -0.2) is 4.98 Å². The molecule has 5 heteroatoms. The van der Waals surface area contributed by atoms with E-state index >= 15 is 0 Å². The summed E-state index contributed by atoms with van der Waals surface area (Å²) in [6, 6.07) is 12.9. The first-order valence-corrected chi connectivity index (χ1v) is 8.54. The van der Waals surface area contributed by atoms with Crippen molar-refractivity contribution < 1.29 is 4.74 Å². The van der Waals surface area contributed by atoms with Crippen LogP contribution in [-0.2, 0) is 0 Å². The fraction of sp³-hybridized carbons (Fsp3) is 0.474. The molecule has 0 bridgehead atoms. The first-order chi connectivity index (χ1) is 11.5. The number of rotatable bonds is 8. The maximum Gasteiger partial charge on any atom is 0.324 e. The van der Waals surface area contributed by atoms with Crippen LogP contribution in [0.25, 0.3) is 0 Å². The molecule has 1 aromatic carbocycles. The number of hydrogen-bond donors (Lipinski definition) is 1. The molecule has 0 spiro atoms. The van der Waals surface area contributed by atoms with E-state index in [1.54, 1.807) is 0 Å². The number of nitrogens with one attached hydrogen (secondary N) is 1. The van der Waals surface area contributed by atoms with Crippen LogP contribution in [0.5, 0.6) is 11.8 Å². The molecule has 2 aromatic rings. The number of nitrogens with zero attached hydrogens (tertiary/aromatic N) is 3. The Bertz CT molecular complexity index is 621. The molecule has 0 saturated carbocycles. The van der Waals surface area contributed by atoms with E-state index in [0.717, 1.165) is 30.4 Å². The van der Waals surface area contributed by atoms with Crippen molar-refractivity contribution in [3.8, 4) is 11.8 Å². The predicted octanol–water partition coefficient (Wildman–Crippen LogP) is 4.11. The highest BCUT2D eigenvalue weighted by Gasteiger charge is 2.12. The summed E-state index contributed by atoms with van der Waals surface area (Å²) in [5.41, 5.74) is 0.878. The number of para-hydroxylation sites is 1. The van der Waals surface area contributed by atoms with Gasteiger partial charge in [-0.3, -0.25) is 4.90 Å². The maximum atomic E-state index is 5.73. The molecule has 1 aromatic heterocycles. The van der Waals surface area contributed by atoms with E-state index in [2.05, 4.69) is 47.9 Å². The van der Waals surface area contributed by atoms with Gasteiger partial charge in [-0.2, -0.15) is 4.98 Å². The number of hydrogen-bond acceptors (Lipinski definition) is 5. The van der Waals surface area contributed by atoms with Gasteiger partial charge in [0.1, 0.15) is 11.6 Å². The van der Waals surface area contributed by atoms with Crippen molar-refractivity contribution in [1.82, 2.24) is 14.9 Å². The van der Waals surface area contributed by atoms with Crippen molar-refractivity contribution in [3.05, 3.63) is 42.1 Å². The highest BCUT2D eigenvalue weighted by atomic mass is 16.5. The lowest BCUT2D eigenvalue weighted by molar-refractivity contribution is 0.182. The van der Waals surface area contributed by atoms with Gasteiger partial charge in [0, 0.05) is 36.9 Å². The number of anilines is 1. The fourth-order valence-electron chi connectivity index (χ4n) is 2.70. The predicted molar refractivity (Wildman–Crippen MR) is 98.8 cm³/mol. The van der Waals surface area contributed by atoms with Gasteiger partial charge in [-0.15, -0.1) is 0 Å². The summed E-state index contributed by atoms with van der Waals surface area (Å²) in [6.45, 7) is 12.6. The van der Waals surface area contributed by atoms with Gasteiger partial charge in [-0.05, 0) is 46.8 Å². The third-order valence-electron chi connectivity index (χ3n) is 3.79. The van der Waals surface area contributed by atoms with E-state index in [4.69, 9.17) is 4.74 Å².